The molecule has 2 heterocycles. The van der Waals surface area contributed by atoms with Crippen LogP contribution < -0.4 is 0 Å². The molecule has 37 heavy (non-hydrogen) atoms. The molecule has 0 saturated heterocycles. The van der Waals surface area contributed by atoms with Gasteiger partial charge in [-0.3, -0.25) is 9.98 Å². The SMILES string of the molecule is [Ni+2].[S-]c1c(C=Nc2ccccc2)oc2ccccc12.[S-]c1c(C=Nc2ccccc2)oc2ccccc12. The number of aliphatic imine (C=N–C) groups is 2. The molecule has 4 aromatic carbocycles. The zero-order valence-corrected chi connectivity index (χ0v) is 22.0. The summed E-state index contributed by atoms with van der Waals surface area (Å²) in [5, 5.41) is 1.92. The van der Waals surface area contributed by atoms with Gasteiger partial charge in [-0.25, -0.2) is 0 Å². The summed E-state index contributed by atoms with van der Waals surface area (Å²) in [5.74, 6) is 1.27. The summed E-state index contributed by atoms with van der Waals surface area (Å²) in [6.45, 7) is 0. The van der Waals surface area contributed by atoms with Gasteiger partial charge in [0, 0.05) is 10.8 Å². The van der Waals surface area contributed by atoms with E-state index >= 15 is 0 Å². The van der Waals surface area contributed by atoms with Crippen LogP contribution in [0.2, 0.25) is 0 Å². The van der Waals surface area contributed by atoms with E-state index in [9.17, 15) is 0 Å². The average Bonchev–Trinajstić information content (AvgIpc) is 3.44. The van der Waals surface area contributed by atoms with Gasteiger partial charge in [-0.1, -0.05) is 72.8 Å². The fourth-order valence-corrected chi connectivity index (χ4v) is 4.07. The second-order valence-electron chi connectivity index (χ2n) is 7.77. The van der Waals surface area contributed by atoms with Crippen molar-refractivity contribution < 1.29 is 25.3 Å². The van der Waals surface area contributed by atoms with E-state index in [1.807, 2.05) is 109 Å². The Balaban J connectivity index is 0.000000168. The van der Waals surface area contributed by atoms with Gasteiger partial charge < -0.3 is 34.1 Å². The Labute approximate surface area is 235 Å². The standard InChI is InChI=1S/2C15H11NOS.Ni/c2*18-15-12-8-4-5-9-13(12)17-14(15)10-16-11-6-2-1-3-7-11;/h2*1-10,18H;/q;;+2/p-2. The number of hydrogen-bond donors (Lipinski definition) is 0. The van der Waals surface area contributed by atoms with Crippen molar-refractivity contribution in [2.45, 2.75) is 9.79 Å². The van der Waals surface area contributed by atoms with Crippen molar-refractivity contribution in [1.29, 1.82) is 0 Å². The van der Waals surface area contributed by atoms with Crippen molar-refractivity contribution in [2.75, 3.05) is 0 Å². The molecule has 0 bridgehead atoms. The monoisotopic (exact) mass is 562 g/mol. The second-order valence-corrected chi connectivity index (χ2v) is 8.59. The van der Waals surface area contributed by atoms with Crippen molar-refractivity contribution in [3.63, 3.8) is 0 Å². The molecule has 0 saturated carbocycles. The Hall–Kier alpha value is -3.77. The van der Waals surface area contributed by atoms with Crippen LogP contribution in [0.4, 0.5) is 11.4 Å². The summed E-state index contributed by atoms with van der Waals surface area (Å²) in [6.07, 6.45) is 3.36. The zero-order valence-electron chi connectivity index (χ0n) is 19.4. The summed E-state index contributed by atoms with van der Waals surface area (Å²) in [5.41, 5.74) is 3.37. The van der Waals surface area contributed by atoms with Crippen molar-refractivity contribution in [3.8, 4) is 0 Å². The molecule has 0 spiro atoms. The van der Waals surface area contributed by atoms with Crippen LogP contribution >= 0.6 is 0 Å². The van der Waals surface area contributed by atoms with Gasteiger partial charge in [-0.15, -0.1) is 9.79 Å². The minimum Gasteiger partial charge on any atom is -0.775 e. The first kappa shape index (κ1) is 26.3. The fraction of sp³-hybridized carbons (Fsp3) is 0. The van der Waals surface area contributed by atoms with Crippen LogP contribution in [0.15, 0.2) is 138 Å². The number of hydrogen-bond acceptors (Lipinski definition) is 6. The van der Waals surface area contributed by atoms with Crippen LogP contribution in [-0.2, 0) is 41.7 Å². The van der Waals surface area contributed by atoms with Crippen molar-refractivity contribution in [1.82, 2.24) is 0 Å². The summed E-state index contributed by atoms with van der Waals surface area (Å²) in [4.78, 5) is 10.1. The Bertz CT molecular complexity index is 1530. The molecular weight excluding hydrogens is 543 g/mol. The van der Waals surface area contributed by atoms with Gasteiger partial charge >= 0.3 is 16.5 Å². The average molecular weight is 563 g/mol. The molecule has 2 aromatic heterocycles. The Morgan fingerprint density at radius 3 is 1.22 bits per heavy atom. The molecule has 184 valence electrons. The molecule has 0 aliphatic rings. The summed E-state index contributed by atoms with van der Waals surface area (Å²) in [7, 11) is 0. The molecule has 4 nitrogen and oxygen atoms in total. The van der Waals surface area contributed by atoms with Crippen LogP contribution in [0.3, 0.4) is 0 Å². The van der Waals surface area contributed by atoms with Crippen molar-refractivity contribution >= 4 is 71.0 Å². The normalized spacial score (nSPS) is 11.0. The van der Waals surface area contributed by atoms with E-state index in [2.05, 4.69) is 9.98 Å². The summed E-state index contributed by atoms with van der Waals surface area (Å²) in [6, 6.07) is 34.9. The van der Waals surface area contributed by atoms with E-state index in [0.717, 1.165) is 33.3 Å². The smallest absolute Gasteiger partial charge is 0.775 e. The molecule has 0 aliphatic carbocycles. The topological polar surface area (TPSA) is 51.0 Å². The first-order valence-corrected chi connectivity index (χ1v) is 12.1. The first-order chi connectivity index (χ1) is 17.7. The molecule has 6 aromatic rings. The van der Waals surface area contributed by atoms with E-state index in [1.165, 1.54) is 0 Å². The summed E-state index contributed by atoms with van der Waals surface area (Å²) >= 11 is 10.7. The molecule has 7 heteroatoms. The largest absolute Gasteiger partial charge is 2.00 e. The maximum absolute atomic E-state index is 5.67. The Kier molecular flexibility index (Phi) is 8.86. The fourth-order valence-electron chi connectivity index (χ4n) is 3.55. The molecule has 0 fully saturated rings. The third kappa shape index (κ3) is 6.33. The zero-order chi connectivity index (χ0) is 24.7. The van der Waals surface area contributed by atoms with Gasteiger partial charge in [0.2, 0.25) is 0 Å². The number of furan rings is 2. The Morgan fingerprint density at radius 2 is 0.838 bits per heavy atom. The molecule has 0 unspecified atom stereocenters. The van der Waals surface area contributed by atoms with Crippen LogP contribution in [0.25, 0.3) is 21.9 Å². The minimum atomic E-state index is 0. The first-order valence-electron chi connectivity index (χ1n) is 11.2. The number of nitrogens with zero attached hydrogens (tertiary/aromatic N) is 2. The van der Waals surface area contributed by atoms with E-state index in [0.29, 0.717) is 21.3 Å². The van der Waals surface area contributed by atoms with Gasteiger partial charge in [0.25, 0.3) is 0 Å². The molecule has 0 amide bonds. The number of fused-ring (bicyclic) bond motifs is 2. The maximum Gasteiger partial charge on any atom is 2.00 e. The number of benzene rings is 4. The molecule has 0 N–H and O–H groups in total. The van der Waals surface area contributed by atoms with Gasteiger partial charge in [0.15, 0.2) is 0 Å². The van der Waals surface area contributed by atoms with E-state index in [-0.39, 0.29) is 16.5 Å². The molecular formula is C30H20N2NiO2S2. The van der Waals surface area contributed by atoms with Gasteiger partial charge in [-0.05, 0) is 36.4 Å². The van der Waals surface area contributed by atoms with Gasteiger partial charge in [0.1, 0.15) is 22.7 Å². The minimum absolute atomic E-state index is 0. The van der Waals surface area contributed by atoms with Crippen molar-refractivity contribution in [2.24, 2.45) is 9.98 Å². The Morgan fingerprint density at radius 1 is 0.486 bits per heavy atom. The third-order valence-corrected chi connectivity index (χ3v) is 6.17. The van der Waals surface area contributed by atoms with Gasteiger partial charge in [0.05, 0.1) is 23.8 Å². The number of rotatable bonds is 4. The van der Waals surface area contributed by atoms with Crippen LogP contribution in [0.1, 0.15) is 11.5 Å². The molecule has 0 radical (unpaired) electrons. The molecule has 0 aliphatic heterocycles. The van der Waals surface area contributed by atoms with E-state index in [4.69, 9.17) is 34.1 Å². The van der Waals surface area contributed by atoms with Crippen LogP contribution in [0, 0.1) is 0 Å². The van der Waals surface area contributed by atoms with Crippen molar-refractivity contribution in [3.05, 3.63) is 121 Å². The third-order valence-electron chi connectivity index (χ3n) is 5.32. The van der Waals surface area contributed by atoms with E-state index < -0.39 is 0 Å². The summed E-state index contributed by atoms with van der Waals surface area (Å²) < 4.78 is 11.3. The van der Waals surface area contributed by atoms with E-state index in [1.54, 1.807) is 12.4 Å². The van der Waals surface area contributed by atoms with Gasteiger partial charge in [-0.2, -0.15) is 0 Å². The number of para-hydroxylation sites is 4. The predicted molar refractivity (Wildman–Crippen MR) is 151 cm³/mol. The molecule has 6 rings (SSSR count). The maximum atomic E-state index is 5.67. The van der Waals surface area contributed by atoms with Crippen LogP contribution in [-0.4, -0.2) is 12.4 Å². The predicted octanol–water partition coefficient (Wildman–Crippen LogP) is 8.18. The second kappa shape index (κ2) is 12.5. The van der Waals surface area contributed by atoms with Crippen LogP contribution in [0.5, 0.6) is 0 Å². The quantitative estimate of drug-likeness (QED) is 0.123. The molecule has 0 atom stereocenters.